The van der Waals surface area contributed by atoms with Crippen LogP contribution in [-0.2, 0) is 4.79 Å². The number of piperidine rings is 2. The Morgan fingerprint density at radius 2 is 2.15 bits per heavy atom. The zero-order valence-corrected chi connectivity index (χ0v) is 12.2. The molecule has 5 heteroatoms. The molecule has 1 aromatic heterocycles. The van der Waals surface area contributed by atoms with E-state index >= 15 is 0 Å². The highest BCUT2D eigenvalue weighted by Crippen LogP contribution is 2.27. The Bertz CT molecular complexity index is 437. The van der Waals surface area contributed by atoms with Gasteiger partial charge in [0, 0.05) is 44.4 Å². The van der Waals surface area contributed by atoms with Crippen LogP contribution in [0.25, 0.3) is 0 Å². The molecule has 0 bridgehead atoms. The lowest BCUT2D eigenvalue weighted by Crippen LogP contribution is -2.43. The van der Waals surface area contributed by atoms with Crippen molar-refractivity contribution in [1.29, 1.82) is 0 Å². The number of nitrogens with zero attached hydrogens (tertiary/aromatic N) is 3. The maximum Gasteiger partial charge on any atom is 0.222 e. The van der Waals surface area contributed by atoms with Crippen LogP contribution in [0, 0.1) is 5.92 Å². The zero-order chi connectivity index (χ0) is 13.9. The Morgan fingerprint density at radius 3 is 2.80 bits per heavy atom. The molecule has 1 amide bonds. The van der Waals surface area contributed by atoms with Crippen molar-refractivity contribution >= 4 is 5.91 Å². The van der Waals surface area contributed by atoms with Crippen LogP contribution in [0.2, 0.25) is 0 Å². The minimum absolute atomic E-state index is 0.305. The number of aromatic amines is 1. The van der Waals surface area contributed by atoms with Gasteiger partial charge in [0.15, 0.2) is 0 Å². The lowest BCUT2D eigenvalue weighted by atomic mass is 9.91. The van der Waals surface area contributed by atoms with Gasteiger partial charge in [0.25, 0.3) is 0 Å². The van der Waals surface area contributed by atoms with Crippen LogP contribution in [0.5, 0.6) is 0 Å². The molecule has 0 spiro atoms. The Kier molecular flexibility index (Phi) is 4.05. The molecule has 2 aliphatic rings. The highest BCUT2D eigenvalue weighted by molar-refractivity contribution is 5.76. The second-order valence-corrected chi connectivity index (χ2v) is 6.27. The van der Waals surface area contributed by atoms with Crippen molar-refractivity contribution in [3.63, 3.8) is 0 Å². The molecule has 3 heterocycles. The maximum absolute atomic E-state index is 11.5. The van der Waals surface area contributed by atoms with E-state index in [1.165, 1.54) is 18.5 Å². The van der Waals surface area contributed by atoms with E-state index in [4.69, 9.17) is 0 Å². The van der Waals surface area contributed by atoms with Crippen molar-refractivity contribution in [1.82, 2.24) is 20.0 Å². The van der Waals surface area contributed by atoms with Gasteiger partial charge in [-0.1, -0.05) is 0 Å². The number of nitrogens with one attached hydrogen (secondary N) is 1. The normalized spacial score (nSPS) is 26.1. The molecule has 1 N–H and O–H groups in total. The summed E-state index contributed by atoms with van der Waals surface area (Å²) < 4.78 is 0. The largest absolute Gasteiger partial charge is 0.345 e. The van der Waals surface area contributed by atoms with Crippen LogP contribution in [0.1, 0.15) is 37.3 Å². The van der Waals surface area contributed by atoms with Crippen LogP contribution in [0.15, 0.2) is 12.3 Å². The van der Waals surface area contributed by atoms with E-state index in [9.17, 15) is 4.79 Å². The molecule has 0 aliphatic carbocycles. The predicted molar refractivity (Wildman–Crippen MR) is 77.4 cm³/mol. The molecule has 3 rings (SSSR count). The molecule has 2 saturated heterocycles. The molecular formula is C15H24N4O. The fraction of sp³-hybridized carbons (Fsp3) is 0.733. The first kappa shape index (κ1) is 13.6. The molecule has 0 aromatic carbocycles. The monoisotopic (exact) mass is 276 g/mol. The van der Waals surface area contributed by atoms with E-state index in [0.717, 1.165) is 39.0 Å². The number of rotatable bonds is 3. The van der Waals surface area contributed by atoms with Gasteiger partial charge in [-0.3, -0.25) is 9.89 Å². The van der Waals surface area contributed by atoms with Gasteiger partial charge in [-0.2, -0.15) is 5.10 Å². The van der Waals surface area contributed by atoms with Crippen LogP contribution in [0.4, 0.5) is 0 Å². The fourth-order valence-electron chi connectivity index (χ4n) is 3.53. The Labute approximate surface area is 120 Å². The molecule has 1 unspecified atom stereocenters. The van der Waals surface area contributed by atoms with Crippen LogP contribution in [0.3, 0.4) is 0 Å². The van der Waals surface area contributed by atoms with Crippen molar-refractivity contribution < 1.29 is 4.79 Å². The summed E-state index contributed by atoms with van der Waals surface area (Å²) in [5.74, 6) is 1.60. The van der Waals surface area contributed by atoms with E-state index in [1.54, 1.807) is 0 Å². The van der Waals surface area contributed by atoms with Gasteiger partial charge < -0.3 is 9.80 Å². The molecule has 2 fully saturated rings. The van der Waals surface area contributed by atoms with Crippen molar-refractivity contribution in [2.24, 2.45) is 5.92 Å². The summed E-state index contributed by atoms with van der Waals surface area (Å²) >= 11 is 0. The van der Waals surface area contributed by atoms with Crippen LogP contribution < -0.4 is 0 Å². The molecule has 2 aliphatic heterocycles. The summed E-state index contributed by atoms with van der Waals surface area (Å²) in [6.07, 6.45) is 6.05. The smallest absolute Gasteiger partial charge is 0.222 e. The van der Waals surface area contributed by atoms with Gasteiger partial charge >= 0.3 is 0 Å². The molecule has 0 saturated carbocycles. The van der Waals surface area contributed by atoms with E-state index in [2.05, 4.69) is 21.2 Å². The predicted octanol–water partition coefficient (Wildman–Crippen LogP) is 1.46. The summed E-state index contributed by atoms with van der Waals surface area (Å²) in [7, 11) is 1.93. The van der Waals surface area contributed by atoms with Gasteiger partial charge in [0.2, 0.25) is 5.91 Å². The quantitative estimate of drug-likeness (QED) is 0.909. The summed E-state index contributed by atoms with van der Waals surface area (Å²) in [5, 5.41) is 7.15. The average Bonchev–Trinajstić information content (AvgIpc) is 2.98. The maximum atomic E-state index is 11.5. The minimum atomic E-state index is 0.305. The standard InChI is InChI=1S/C15H24N4O/c1-18-10-12(2-3-15(18)20)11-19-8-5-13(6-9-19)14-4-7-16-17-14/h4,7,12-13H,2-3,5-6,8-11H2,1H3,(H,16,17). The van der Waals surface area contributed by atoms with E-state index < -0.39 is 0 Å². The summed E-state index contributed by atoms with van der Waals surface area (Å²) in [4.78, 5) is 16.0. The molecule has 1 atom stereocenters. The van der Waals surface area contributed by atoms with Crippen molar-refractivity contribution in [2.45, 2.75) is 31.6 Å². The molecule has 20 heavy (non-hydrogen) atoms. The van der Waals surface area contributed by atoms with Crippen LogP contribution in [-0.4, -0.2) is 59.1 Å². The number of H-pyrrole nitrogens is 1. The molecule has 0 radical (unpaired) electrons. The topological polar surface area (TPSA) is 52.2 Å². The first-order chi connectivity index (χ1) is 9.72. The lowest BCUT2D eigenvalue weighted by molar-refractivity contribution is -0.133. The van der Waals surface area contributed by atoms with Crippen LogP contribution >= 0.6 is 0 Å². The van der Waals surface area contributed by atoms with Crippen molar-refractivity contribution in [2.75, 3.05) is 33.2 Å². The van der Waals surface area contributed by atoms with Crippen molar-refractivity contribution in [3.05, 3.63) is 18.0 Å². The molecule has 110 valence electrons. The summed E-state index contributed by atoms with van der Waals surface area (Å²) in [5.41, 5.74) is 1.28. The number of likely N-dealkylation sites (tertiary alicyclic amines) is 2. The van der Waals surface area contributed by atoms with Gasteiger partial charge in [-0.05, 0) is 44.3 Å². The minimum Gasteiger partial charge on any atom is -0.345 e. The van der Waals surface area contributed by atoms with Gasteiger partial charge in [-0.15, -0.1) is 0 Å². The fourth-order valence-corrected chi connectivity index (χ4v) is 3.53. The van der Waals surface area contributed by atoms with Gasteiger partial charge in [0.05, 0.1) is 0 Å². The third kappa shape index (κ3) is 3.03. The first-order valence-electron chi connectivity index (χ1n) is 7.68. The SMILES string of the molecule is CN1CC(CN2CCC(c3ccn[nH]3)CC2)CCC1=O. The van der Waals surface area contributed by atoms with E-state index in [1.807, 2.05) is 18.1 Å². The van der Waals surface area contributed by atoms with Gasteiger partial charge in [-0.25, -0.2) is 0 Å². The lowest BCUT2D eigenvalue weighted by Gasteiger charge is -2.37. The number of carbonyl (C=O) groups is 1. The van der Waals surface area contributed by atoms with E-state index in [-0.39, 0.29) is 0 Å². The highest BCUT2D eigenvalue weighted by Gasteiger charge is 2.27. The molecular weight excluding hydrogens is 252 g/mol. The van der Waals surface area contributed by atoms with E-state index in [0.29, 0.717) is 17.7 Å². The Hall–Kier alpha value is -1.36. The zero-order valence-electron chi connectivity index (χ0n) is 12.2. The first-order valence-corrected chi connectivity index (χ1v) is 7.68. The Morgan fingerprint density at radius 1 is 1.35 bits per heavy atom. The van der Waals surface area contributed by atoms with Crippen molar-refractivity contribution in [3.8, 4) is 0 Å². The highest BCUT2D eigenvalue weighted by atomic mass is 16.2. The number of hydrogen-bond donors (Lipinski definition) is 1. The van der Waals surface area contributed by atoms with Gasteiger partial charge in [0.1, 0.15) is 0 Å². The number of amides is 1. The number of aromatic nitrogens is 2. The molecule has 5 nitrogen and oxygen atoms in total. The average molecular weight is 276 g/mol. The number of hydrogen-bond acceptors (Lipinski definition) is 3. The second kappa shape index (κ2) is 5.95. The second-order valence-electron chi connectivity index (χ2n) is 6.27. The Balaban J connectivity index is 1.46. The third-order valence-electron chi connectivity index (χ3n) is 4.79. The summed E-state index contributed by atoms with van der Waals surface area (Å²) in [6, 6.07) is 2.10. The number of carbonyl (C=O) groups excluding carboxylic acids is 1. The summed E-state index contributed by atoms with van der Waals surface area (Å²) in [6.45, 7) is 4.41. The molecule has 1 aromatic rings. The third-order valence-corrected chi connectivity index (χ3v) is 4.79.